The number of rotatable bonds is 8. The van der Waals surface area contributed by atoms with Crippen molar-refractivity contribution in [2.24, 2.45) is 0 Å². The highest BCUT2D eigenvalue weighted by Crippen LogP contribution is 2.25. The Morgan fingerprint density at radius 3 is 2.33 bits per heavy atom. The average Bonchev–Trinajstić information content (AvgIpc) is 3.37. The van der Waals surface area contributed by atoms with Gasteiger partial charge in [-0.1, -0.05) is 71.4 Å². The minimum absolute atomic E-state index is 0.0661. The monoisotopic (exact) mass is 500 g/mol. The molecule has 0 radical (unpaired) electrons. The van der Waals surface area contributed by atoms with Gasteiger partial charge in [0.2, 0.25) is 0 Å². The molecule has 3 aromatic carbocycles. The minimum Gasteiger partial charge on any atom is -0.490 e. The van der Waals surface area contributed by atoms with Gasteiger partial charge in [0.25, 0.3) is 0 Å². The number of ether oxygens (including phenoxy) is 1. The molecule has 0 aliphatic carbocycles. The zero-order valence-electron chi connectivity index (χ0n) is 20.3. The number of hydrogen-bond donors (Lipinski definition) is 0. The molecule has 5 rings (SSSR count). The molecule has 0 saturated carbocycles. The number of piperidine rings is 1. The molecule has 1 aromatic heterocycles. The number of nitrogens with zero attached hydrogens (tertiary/aromatic N) is 4. The first-order valence-electron chi connectivity index (χ1n) is 12.2. The summed E-state index contributed by atoms with van der Waals surface area (Å²) >= 11 is 6.22. The van der Waals surface area contributed by atoms with E-state index in [9.17, 15) is 4.79 Å². The lowest BCUT2D eigenvalue weighted by Crippen LogP contribution is -2.35. The Labute approximate surface area is 216 Å². The fourth-order valence-corrected chi connectivity index (χ4v) is 4.61. The van der Waals surface area contributed by atoms with Crippen LogP contribution in [0.25, 0.3) is 11.1 Å². The van der Waals surface area contributed by atoms with E-state index in [4.69, 9.17) is 16.3 Å². The van der Waals surface area contributed by atoms with Crippen LogP contribution in [0.2, 0.25) is 5.02 Å². The van der Waals surface area contributed by atoms with E-state index in [0.717, 1.165) is 53.9 Å². The third-order valence-corrected chi connectivity index (χ3v) is 6.96. The summed E-state index contributed by atoms with van der Waals surface area (Å²) in [5, 5.41) is 8.82. The highest BCUT2D eigenvalue weighted by Gasteiger charge is 2.18. The first-order valence-corrected chi connectivity index (χ1v) is 12.6. The number of ketones is 1. The molecule has 1 aliphatic rings. The van der Waals surface area contributed by atoms with Crippen LogP contribution in [-0.4, -0.2) is 51.9 Å². The van der Waals surface area contributed by atoms with Crippen LogP contribution in [0, 0.1) is 0 Å². The molecule has 36 heavy (non-hydrogen) atoms. The van der Waals surface area contributed by atoms with Crippen LogP contribution in [-0.2, 0) is 13.0 Å². The van der Waals surface area contributed by atoms with Crippen LogP contribution in [0.4, 0.5) is 0 Å². The van der Waals surface area contributed by atoms with E-state index >= 15 is 0 Å². The lowest BCUT2D eigenvalue weighted by Gasteiger charge is -2.29. The van der Waals surface area contributed by atoms with E-state index in [1.807, 2.05) is 60.7 Å². The summed E-state index contributed by atoms with van der Waals surface area (Å²) in [5.41, 5.74) is 4.44. The fourth-order valence-electron chi connectivity index (χ4n) is 4.42. The molecule has 0 N–H and O–H groups in total. The summed E-state index contributed by atoms with van der Waals surface area (Å²) in [6, 6.07) is 23.9. The second kappa shape index (κ2) is 11.1. The topological polar surface area (TPSA) is 60.2 Å². The van der Waals surface area contributed by atoms with Crippen molar-refractivity contribution in [3.63, 3.8) is 0 Å². The third kappa shape index (κ3) is 6.01. The highest BCUT2D eigenvalue weighted by atomic mass is 35.5. The zero-order chi connectivity index (χ0) is 24.9. The number of hydrogen-bond acceptors (Lipinski definition) is 5. The maximum atomic E-state index is 12.8. The summed E-state index contributed by atoms with van der Waals surface area (Å²) in [5.74, 6) is 0.849. The molecule has 1 fully saturated rings. The number of aromatic nitrogens is 3. The van der Waals surface area contributed by atoms with Gasteiger partial charge < -0.3 is 9.64 Å². The zero-order valence-corrected chi connectivity index (χ0v) is 21.1. The van der Waals surface area contributed by atoms with E-state index in [1.165, 1.54) is 0 Å². The van der Waals surface area contributed by atoms with E-state index in [2.05, 4.69) is 34.4 Å². The number of Topliss-reactive ketones (excluding diaryl/α,β-unsaturated/α-hetero) is 1. The normalized spacial score (nSPS) is 14.6. The molecule has 6 nitrogen and oxygen atoms in total. The van der Waals surface area contributed by atoms with Crippen molar-refractivity contribution in [1.82, 2.24) is 19.9 Å². The van der Waals surface area contributed by atoms with Crippen LogP contribution < -0.4 is 4.74 Å². The van der Waals surface area contributed by atoms with Gasteiger partial charge >= 0.3 is 0 Å². The van der Waals surface area contributed by atoms with Gasteiger partial charge in [-0.25, -0.2) is 4.68 Å². The largest absolute Gasteiger partial charge is 0.490 e. The van der Waals surface area contributed by atoms with Crippen molar-refractivity contribution in [1.29, 1.82) is 0 Å². The Morgan fingerprint density at radius 2 is 1.64 bits per heavy atom. The number of carbonyl (C=O) groups is 1. The van der Waals surface area contributed by atoms with Crippen molar-refractivity contribution >= 4 is 17.4 Å². The van der Waals surface area contributed by atoms with Gasteiger partial charge in [-0.15, -0.1) is 5.10 Å². The van der Waals surface area contributed by atoms with Gasteiger partial charge in [0, 0.05) is 24.5 Å². The molecule has 0 amide bonds. The van der Waals surface area contributed by atoms with E-state index in [1.54, 1.807) is 10.9 Å². The predicted molar refractivity (Wildman–Crippen MR) is 142 cm³/mol. The first kappa shape index (κ1) is 24.2. The van der Waals surface area contributed by atoms with Crippen molar-refractivity contribution in [3.05, 3.63) is 101 Å². The van der Waals surface area contributed by atoms with Crippen LogP contribution in [0.5, 0.6) is 5.75 Å². The highest BCUT2D eigenvalue weighted by molar-refractivity contribution is 6.31. The Bertz CT molecular complexity index is 1310. The van der Waals surface area contributed by atoms with Crippen LogP contribution in [0.15, 0.2) is 79.0 Å². The smallest absolute Gasteiger partial charge is 0.189 e. The number of carbonyl (C=O) groups excluding carboxylic acids is 1. The molecule has 184 valence electrons. The standard InChI is InChI=1S/C29H29ClN4O2/c1-33-16-14-26(15-17-33)36-25-12-10-23(11-13-25)22-8-6-21(7-9-22)18-29(35)28-20-34(32-31-28)19-24-4-2-3-5-27(24)30/h2-13,20,26H,14-19H2,1H3. The molecule has 2 heterocycles. The third-order valence-electron chi connectivity index (χ3n) is 6.59. The van der Waals surface area contributed by atoms with Gasteiger partial charge in [-0.05, 0) is 60.3 Å². The maximum Gasteiger partial charge on any atom is 0.189 e. The fraction of sp³-hybridized carbons (Fsp3) is 0.276. The first-order chi connectivity index (χ1) is 17.5. The molecule has 0 bridgehead atoms. The average molecular weight is 501 g/mol. The summed E-state index contributed by atoms with van der Waals surface area (Å²) in [6.45, 7) is 2.63. The van der Waals surface area contributed by atoms with Crippen molar-refractivity contribution in [3.8, 4) is 16.9 Å². The van der Waals surface area contributed by atoms with Gasteiger partial charge in [-0.3, -0.25) is 4.79 Å². The summed E-state index contributed by atoms with van der Waals surface area (Å²) in [4.78, 5) is 15.1. The second-order valence-corrected chi connectivity index (χ2v) is 9.74. The van der Waals surface area contributed by atoms with Crippen LogP contribution in [0.3, 0.4) is 0 Å². The predicted octanol–water partition coefficient (Wildman–Crippen LogP) is 5.55. The van der Waals surface area contributed by atoms with Gasteiger partial charge in [0.05, 0.1) is 12.7 Å². The molecular weight excluding hydrogens is 472 g/mol. The quantitative estimate of drug-likeness (QED) is 0.297. The molecule has 4 aromatic rings. The van der Waals surface area contributed by atoms with Crippen LogP contribution >= 0.6 is 11.6 Å². The Morgan fingerprint density at radius 1 is 0.972 bits per heavy atom. The number of benzene rings is 3. The van der Waals surface area contributed by atoms with Gasteiger partial charge in [0.1, 0.15) is 17.5 Å². The maximum absolute atomic E-state index is 12.8. The molecule has 0 atom stereocenters. The van der Waals surface area contributed by atoms with Crippen molar-refractivity contribution in [2.45, 2.75) is 31.9 Å². The Kier molecular flexibility index (Phi) is 7.44. The second-order valence-electron chi connectivity index (χ2n) is 9.33. The Hall–Kier alpha value is -3.48. The van der Waals surface area contributed by atoms with Crippen LogP contribution in [0.1, 0.15) is 34.5 Å². The lowest BCUT2D eigenvalue weighted by atomic mass is 10.0. The molecule has 1 aliphatic heterocycles. The molecule has 7 heteroatoms. The molecule has 0 unspecified atom stereocenters. The van der Waals surface area contributed by atoms with E-state index < -0.39 is 0 Å². The Balaban J connectivity index is 1.17. The summed E-state index contributed by atoms with van der Waals surface area (Å²) in [6.07, 6.45) is 4.37. The molecular formula is C29H29ClN4O2. The number of halogens is 1. The lowest BCUT2D eigenvalue weighted by molar-refractivity contribution is 0.0988. The van der Waals surface area contributed by atoms with E-state index in [-0.39, 0.29) is 12.2 Å². The number of likely N-dealkylation sites (tertiary alicyclic amines) is 1. The molecule has 0 spiro atoms. The van der Waals surface area contributed by atoms with Gasteiger partial charge in [-0.2, -0.15) is 0 Å². The SMILES string of the molecule is CN1CCC(Oc2ccc(-c3ccc(CC(=O)c4cn(Cc5ccccc5Cl)nn4)cc3)cc2)CC1. The summed E-state index contributed by atoms with van der Waals surface area (Å²) < 4.78 is 7.79. The van der Waals surface area contributed by atoms with Crippen molar-refractivity contribution in [2.75, 3.05) is 20.1 Å². The van der Waals surface area contributed by atoms with E-state index in [0.29, 0.717) is 23.4 Å². The molecule has 1 saturated heterocycles. The van der Waals surface area contributed by atoms with Crippen molar-refractivity contribution < 1.29 is 9.53 Å². The minimum atomic E-state index is -0.0661. The summed E-state index contributed by atoms with van der Waals surface area (Å²) in [7, 11) is 2.15. The van der Waals surface area contributed by atoms with Gasteiger partial charge in [0.15, 0.2) is 5.78 Å².